The van der Waals surface area contributed by atoms with E-state index >= 15 is 0 Å². The molecule has 0 fully saturated rings. The third kappa shape index (κ3) is 7.01. The van der Waals surface area contributed by atoms with E-state index in [9.17, 15) is 18.0 Å². The Morgan fingerprint density at radius 1 is 1.04 bits per heavy atom. The first kappa shape index (κ1) is 21.9. The van der Waals surface area contributed by atoms with Crippen LogP contribution in [0, 0.1) is 6.92 Å². The molecule has 0 aliphatic rings. The minimum atomic E-state index is -3.86. The van der Waals surface area contributed by atoms with E-state index < -0.39 is 22.0 Å². The lowest BCUT2D eigenvalue weighted by Gasteiger charge is -2.18. The number of unbranched alkanes of at least 4 members (excludes halogenated alkanes) is 4. The minimum Gasteiger partial charge on any atom is -0.337 e. The second-order valence-electron chi connectivity index (χ2n) is 6.07. The van der Waals surface area contributed by atoms with Crippen molar-refractivity contribution in [1.29, 1.82) is 0 Å². The number of aryl methyl sites for hydroxylation is 1. The Hall–Kier alpha value is -2.13. The molecule has 0 saturated carbocycles. The molecule has 0 bridgehead atoms. The molecule has 0 aliphatic carbocycles. The van der Waals surface area contributed by atoms with E-state index in [4.69, 9.17) is 5.21 Å². The van der Waals surface area contributed by atoms with E-state index in [1.165, 1.54) is 19.2 Å². The number of hydrogen-bond acceptors (Lipinski definition) is 5. The van der Waals surface area contributed by atoms with Gasteiger partial charge in [0.2, 0.25) is 5.91 Å². The Kier molecular flexibility index (Phi) is 9.08. The molecular formula is C17H27N3O5S. The van der Waals surface area contributed by atoms with Gasteiger partial charge in [0.25, 0.3) is 10.0 Å². The molecule has 0 unspecified atom stereocenters. The Balaban J connectivity index is 2.30. The van der Waals surface area contributed by atoms with Gasteiger partial charge in [-0.3, -0.25) is 10.0 Å². The average molecular weight is 385 g/mol. The molecule has 0 saturated heterocycles. The van der Waals surface area contributed by atoms with Gasteiger partial charge in [0.15, 0.2) is 0 Å². The molecule has 1 aromatic carbocycles. The van der Waals surface area contributed by atoms with Crippen molar-refractivity contribution in [2.45, 2.75) is 50.3 Å². The third-order valence-corrected chi connectivity index (χ3v) is 5.70. The van der Waals surface area contributed by atoms with Crippen LogP contribution in [0.4, 0.5) is 4.79 Å². The molecule has 0 spiro atoms. The molecule has 0 aromatic heterocycles. The molecule has 3 N–H and O–H groups in total. The SMILES string of the molecule is Cc1ccc(S(=O)(=O)N(C)C(=O)NCCCCCCCC(=O)NO)cc1. The number of hydroxylamine groups is 1. The second kappa shape index (κ2) is 10.8. The van der Waals surface area contributed by atoms with Gasteiger partial charge in [-0.2, -0.15) is 0 Å². The first-order chi connectivity index (χ1) is 12.3. The molecule has 0 aliphatic heterocycles. The fourth-order valence-electron chi connectivity index (χ4n) is 2.28. The summed E-state index contributed by atoms with van der Waals surface area (Å²) in [7, 11) is -2.62. The molecule has 0 heterocycles. The summed E-state index contributed by atoms with van der Waals surface area (Å²) in [5.41, 5.74) is 2.52. The summed E-state index contributed by atoms with van der Waals surface area (Å²) in [4.78, 5) is 22.9. The number of carbonyl (C=O) groups excluding carboxylic acids is 2. The number of nitrogens with zero attached hydrogens (tertiary/aromatic N) is 1. The summed E-state index contributed by atoms with van der Waals surface area (Å²) in [6, 6.07) is 5.66. The molecule has 146 valence electrons. The fourth-order valence-corrected chi connectivity index (χ4v) is 3.36. The number of rotatable bonds is 10. The lowest BCUT2D eigenvalue weighted by atomic mass is 10.1. The van der Waals surface area contributed by atoms with Crippen molar-refractivity contribution < 1.29 is 23.2 Å². The summed E-state index contributed by atoms with van der Waals surface area (Å²) in [6.45, 7) is 2.23. The molecule has 3 amide bonds. The number of nitrogens with one attached hydrogen (secondary N) is 2. The van der Waals surface area contributed by atoms with Gasteiger partial charge in [-0.25, -0.2) is 23.0 Å². The van der Waals surface area contributed by atoms with Crippen LogP contribution in [0.15, 0.2) is 29.2 Å². The quantitative estimate of drug-likeness (QED) is 0.324. The minimum absolute atomic E-state index is 0.0765. The number of urea groups is 1. The molecular weight excluding hydrogens is 358 g/mol. The molecule has 9 heteroatoms. The maximum Gasteiger partial charge on any atom is 0.331 e. The highest BCUT2D eigenvalue weighted by atomic mass is 32.2. The molecule has 1 rings (SSSR count). The fraction of sp³-hybridized carbons (Fsp3) is 0.529. The summed E-state index contributed by atoms with van der Waals surface area (Å²) < 4.78 is 25.5. The van der Waals surface area contributed by atoms with Crippen LogP contribution in [-0.4, -0.2) is 43.5 Å². The summed E-state index contributed by atoms with van der Waals surface area (Å²) >= 11 is 0. The molecule has 8 nitrogen and oxygen atoms in total. The number of carbonyl (C=O) groups is 2. The van der Waals surface area contributed by atoms with E-state index in [0.29, 0.717) is 17.3 Å². The standard InChI is InChI=1S/C17H27N3O5S/c1-14-9-11-15(12-10-14)26(24,25)20(2)17(22)18-13-7-5-3-4-6-8-16(21)19-23/h9-12,23H,3-8,13H2,1-2H3,(H,18,22)(H,19,21). The van der Waals surface area contributed by atoms with Crippen molar-refractivity contribution in [2.75, 3.05) is 13.6 Å². The van der Waals surface area contributed by atoms with E-state index in [1.807, 2.05) is 6.92 Å². The molecule has 0 radical (unpaired) electrons. The number of benzene rings is 1. The zero-order chi connectivity index (χ0) is 19.6. The van der Waals surface area contributed by atoms with Gasteiger partial charge < -0.3 is 5.32 Å². The maximum atomic E-state index is 12.4. The van der Waals surface area contributed by atoms with Crippen molar-refractivity contribution in [2.24, 2.45) is 0 Å². The van der Waals surface area contributed by atoms with E-state index in [0.717, 1.165) is 31.2 Å². The second-order valence-corrected chi connectivity index (χ2v) is 8.04. The van der Waals surface area contributed by atoms with Crippen LogP contribution < -0.4 is 10.8 Å². The Labute approximate surface area is 154 Å². The summed E-state index contributed by atoms with van der Waals surface area (Å²) in [5, 5.41) is 11.0. The normalized spacial score (nSPS) is 11.0. The number of amides is 3. The number of sulfonamides is 1. The van der Waals surface area contributed by atoms with Crippen LogP contribution in [0.5, 0.6) is 0 Å². The lowest BCUT2D eigenvalue weighted by molar-refractivity contribution is -0.129. The Morgan fingerprint density at radius 3 is 2.23 bits per heavy atom. The van der Waals surface area contributed by atoms with Crippen molar-refractivity contribution >= 4 is 22.0 Å². The lowest BCUT2D eigenvalue weighted by Crippen LogP contribution is -2.41. The van der Waals surface area contributed by atoms with Gasteiger partial charge in [0, 0.05) is 20.0 Å². The summed E-state index contributed by atoms with van der Waals surface area (Å²) in [5.74, 6) is -0.393. The van der Waals surface area contributed by atoms with Gasteiger partial charge in [-0.15, -0.1) is 0 Å². The van der Waals surface area contributed by atoms with Gasteiger partial charge in [-0.1, -0.05) is 37.0 Å². The topological polar surface area (TPSA) is 116 Å². The molecule has 0 atom stereocenters. The predicted molar refractivity (Wildman–Crippen MR) is 97.2 cm³/mol. The molecule has 26 heavy (non-hydrogen) atoms. The van der Waals surface area contributed by atoms with Crippen LogP contribution in [0.2, 0.25) is 0 Å². The highest BCUT2D eigenvalue weighted by Gasteiger charge is 2.24. The first-order valence-corrected chi connectivity index (χ1v) is 9.99. The van der Waals surface area contributed by atoms with Gasteiger partial charge in [-0.05, 0) is 31.9 Å². The summed E-state index contributed by atoms with van der Waals surface area (Å²) in [6.07, 6.45) is 4.30. The van der Waals surface area contributed by atoms with Crippen LogP contribution in [0.25, 0.3) is 0 Å². The van der Waals surface area contributed by atoms with Crippen molar-refractivity contribution in [3.63, 3.8) is 0 Å². The van der Waals surface area contributed by atoms with E-state index in [2.05, 4.69) is 5.32 Å². The van der Waals surface area contributed by atoms with Crippen molar-refractivity contribution in [3.8, 4) is 0 Å². The van der Waals surface area contributed by atoms with Gasteiger partial charge in [0.1, 0.15) is 0 Å². The van der Waals surface area contributed by atoms with Crippen LogP contribution in [0.1, 0.15) is 44.1 Å². The predicted octanol–water partition coefficient (Wildman–Crippen LogP) is 2.17. The van der Waals surface area contributed by atoms with Crippen LogP contribution >= 0.6 is 0 Å². The van der Waals surface area contributed by atoms with Crippen LogP contribution in [0.3, 0.4) is 0 Å². The van der Waals surface area contributed by atoms with E-state index in [-0.39, 0.29) is 11.3 Å². The highest BCUT2D eigenvalue weighted by Crippen LogP contribution is 2.15. The average Bonchev–Trinajstić information content (AvgIpc) is 2.63. The first-order valence-electron chi connectivity index (χ1n) is 8.55. The highest BCUT2D eigenvalue weighted by molar-refractivity contribution is 7.89. The van der Waals surface area contributed by atoms with Gasteiger partial charge in [0.05, 0.1) is 4.90 Å². The smallest absolute Gasteiger partial charge is 0.331 e. The Bertz CT molecular complexity index is 689. The van der Waals surface area contributed by atoms with E-state index in [1.54, 1.807) is 17.6 Å². The zero-order valence-corrected chi connectivity index (χ0v) is 16.0. The third-order valence-electron chi connectivity index (χ3n) is 3.95. The van der Waals surface area contributed by atoms with Gasteiger partial charge >= 0.3 is 6.03 Å². The van der Waals surface area contributed by atoms with Crippen LogP contribution in [-0.2, 0) is 14.8 Å². The largest absolute Gasteiger partial charge is 0.337 e. The maximum absolute atomic E-state index is 12.4. The number of hydrogen-bond donors (Lipinski definition) is 3. The van der Waals surface area contributed by atoms with Crippen molar-refractivity contribution in [3.05, 3.63) is 29.8 Å². The molecule has 1 aromatic rings. The zero-order valence-electron chi connectivity index (χ0n) is 15.2. The Morgan fingerprint density at radius 2 is 1.62 bits per heavy atom. The monoisotopic (exact) mass is 385 g/mol. The van der Waals surface area contributed by atoms with Crippen molar-refractivity contribution in [1.82, 2.24) is 15.1 Å².